The van der Waals surface area contributed by atoms with E-state index in [1.807, 2.05) is 0 Å². The number of carbonyl (C=O) groups excluding carboxylic acids is 1. The van der Waals surface area contributed by atoms with Gasteiger partial charge >= 0.3 is 0 Å². The van der Waals surface area contributed by atoms with Crippen molar-refractivity contribution in [2.45, 2.75) is 38.2 Å². The molecular formula is C13H18N2O2. The van der Waals surface area contributed by atoms with Crippen LogP contribution in [0.5, 0.6) is 0 Å². The Hall–Kier alpha value is -1.29. The minimum absolute atomic E-state index is 0.397. The maximum absolute atomic E-state index is 10.8. The highest BCUT2D eigenvalue weighted by Gasteiger charge is 2.38. The van der Waals surface area contributed by atoms with Crippen molar-refractivity contribution in [3.63, 3.8) is 0 Å². The molecule has 0 amide bonds. The fourth-order valence-electron chi connectivity index (χ4n) is 2.41. The molecule has 0 spiro atoms. The first-order valence-electron chi connectivity index (χ1n) is 6.04. The average Bonchev–Trinajstić information content (AvgIpc) is 2.40. The molecule has 1 heterocycles. The minimum atomic E-state index is -0.397. The van der Waals surface area contributed by atoms with Gasteiger partial charge in [-0.2, -0.15) is 0 Å². The van der Waals surface area contributed by atoms with E-state index in [4.69, 9.17) is 4.74 Å². The van der Waals surface area contributed by atoms with Crippen LogP contribution in [0.1, 0.15) is 48.9 Å². The van der Waals surface area contributed by atoms with Gasteiger partial charge in [0.15, 0.2) is 12.1 Å². The molecule has 0 saturated heterocycles. The molecule has 0 unspecified atom stereocenters. The number of rotatable bonds is 3. The molecule has 0 radical (unpaired) electrons. The summed E-state index contributed by atoms with van der Waals surface area (Å²) in [7, 11) is 1.70. The van der Waals surface area contributed by atoms with Crippen LogP contribution in [-0.2, 0) is 10.3 Å². The van der Waals surface area contributed by atoms with Gasteiger partial charge in [-0.1, -0.05) is 6.92 Å². The Balaban J connectivity index is 2.30. The van der Waals surface area contributed by atoms with Crippen molar-refractivity contribution in [2.24, 2.45) is 5.92 Å². The van der Waals surface area contributed by atoms with Crippen molar-refractivity contribution < 1.29 is 9.53 Å². The molecule has 0 bridgehead atoms. The predicted molar refractivity (Wildman–Crippen MR) is 63.7 cm³/mol. The van der Waals surface area contributed by atoms with Crippen LogP contribution in [0.2, 0.25) is 0 Å². The molecule has 2 rings (SSSR count). The van der Waals surface area contributed by atoms with E-state index in [0.29, 0.717) is 11.5 Å². The molecule has 0 N–H and O–H groups in total. The average molecular weight is 234 g/mol. The molecule has 4 heteroatoms. The molecular weight excluding hydrogens is 216 g/mol. The highest BCUT2D eigenvalue weighted by atomic mass is 16.5. The number of carbonyl (C=O) groups is 1. The monoisotopic (exact) mass is 234 g/mol. The van der Waals surface area contributed by atoms with Crippen molar-refractivity contribution >= 4 is 6.29 Å². The van der Waals surface area contributed by atoms with E-state index >= 15 is 0 Å². The smallest absolute Gasteiger partial charge is 0.168 e. The topological polar surface area (TPSA) is 52.1 Å². The van der Waals surface area contributed by atoms with Gasteiger partial charge in [-0.15, -0.1) is 0 Å². The second-order valence-electron chi connectivity index (χ2n) is 4.80. The summed E-state index contributed by atoms with van der Waals surface area (Å²) in [5.41, 5.74) is 0.0240. The van der Waals surface area contributed by atoms with Crippen molar-refractivity contribution in [2.75, 3.05) is 7.11 Å². The summed E-state index contributed by atoms with van der Waals surface area (Å²) in [5, 5.41) is 0. The maximum Gasteiger partial charge on any atom is 0.168 e. The first-order valence-corrected chi connectivity index (χ1v) is 6.04. The third-order valence-electron chi connectivity index (χ3n) is 3.68. The molecule has 1 aliphatic rings. The zero-order valence-electron chi connectivity index (χ0n) is 10.3. The van der Waals surface area contributed by atoms with Gasteiger partial charge in [-0.05, 0) is 37.7 Å². The van der Waals surface area contributed by atoms with E-state index in [9.17, 15) is 4.79 Å². The lowest BCUT2D eigenvalue weighted by molar-refractivity contribution is -0.0598. The molecule has 1 fully saturated rings. The summed E-state index contributed by atoms with van der Waals surface area (Å²) in [4.78, 5) is 19.3. The lowest BCUT2D eigenvalue weighted by Gasteiger charge is -2.36. The number of ether oxygens (including phenoxy) is 1. The molecule has 1 saturated carbocycles. The molecule has 17 heavy (non-hydrogen) atoms. The SMILES string of the molecule is COC1(c2nccc(C=O)n2)CCC(C)CC1. The molecule has 1 aliphatic carbocycles. The number of aromatic nitrogens is 2. The Morgan fingerprint density at radius 3 is 2.76 bits per heavy atom. The van der Waals surface area contributed by atoms with E-state index in [2.05, 4.69) is 16.9 Å². The van der Waals surface area contributed by atoms with Gasteiger partial charge in [0, 0.05) is 13.3 Å². The lowest BCUT2D eigenvalue weighted by Crippen LogP contribution is -2.35. The summed E-state index contributed by atoms with van der Waals surface area (Å²) >= 11 is 0. The van der Waals surface area contributed by atoms with Crippen LogP contribution in [0, 0.1) is 5.92 Å². The van der Waals surface area contributed by atoms with Crippen LogP contribution < -0.4 is 0 Å². The third-order valence-corrected chi connectivity index (χ3v) is 3.68. The van der Waals surface area contributed by atoms with Crippen LogP contribution in [0.3, 0.4) is 0 Å². The molecule has 4 nitrogen and oxygen atoms in total. The number of methoxy groups -OCH3 is 1. The Kier molecular flexibility index (Phi) is 3.52. The first kappa shape index (κ1) is 12.2. The lowest BCUT2D eigenvalue weighted by atomic mass is 9.79. The fraction of sp³-hybridized carbons (Fsp3) is 0.615. The second-order valence-corrected chi connectivity index (χ2v) is 4.80. The largest absolute Gasteiger partial charge is 0.370 e. The molecule has 0 aromatic carbocycles. The Bertz CT molecular complexity index is 398. The van der Waals surface area contributed by atoms with Gasteiger partial charge < -0.3 is 4.74 Å². The number of hydrogen-bond donors (Lipinski definition) is 0. The predicted octanol–water partition coefficient (Wildman–Crippen LogP) is 2.34. The highest BCUT2D eigenvalue weighted by molar-refractivity contribution is 5.71. The van der Waals surface area contributed by atoms with Gasteiger partial charge in [0.25, 0.3) is 0 Å². The van der Waals surface area contributed by atoms with Crippen LogP contribution in [0.25, 0.3) is 0 Å². The van der Waals surface area contributed by atoms with Crippen molar-refractivity contribution in [3.05, 3.63) is 23.8 Å². The Morgan fingerprint density at radius 2 is 2.18 bits per heavy atom. The standard InChI is InChI=1S/C13H18N2O2/c1-10-3-6-13(17-2,7-4-10)12-14-8-5-11(9-16)15-12/h5,8-10H,3-4,6-7H2,1-2H3. The normalized spacial score (nSPS) is 28.9. The van der Waals surface area contributed by atoms with Gasteiger partial charge in [0.2, 0.25) is 0 Å². The Labute approximate surface area is 101 Å². The molecule has 1 aromatic heterocycles. The minimum Gasteiger partial charge on any atom is -0.370 e. The molecule has 0 atom stereocenters. The van der Waals surface area contributed by atoms with Crippen LogP contribution in [0.15, 0.2) is 12.3 Å². The quantitative estimate of drug-likeness (QED) is 0.753. The molecule has 0 aliphatic heterocycles. The van der Waals surface area contributed by atoms with Gasteiger partial charge in [-0.3, -0.25) is 4.79 Å². The second kappa shape index (κ2) is 4.92. The summed E-state index contributed by atoms with van der Waals surface area (Å²) < 4.78 is 5.67. The van der Waals surface area contributed by atoms with E-state index in [1.54, 1.807) is 19.4 Å². The van der Waals surface area contributed by atoms with E-state index < -0.39 is 5.60 Å². The summed E-state index contributed by atoms with van der Waals surface area (Å²) in [5.74, 6) is 1.38. The first-order chi connectivity index (χ1) is 8.20. The summed E-state index contributed by atoms with van der Waals surface area (Å²) in [6, 6.07) is 1.62. The Morgan fingerprint density at radius 1 is 1.47 bits per heavy atom. The van der Waals surface area contributed by atoms with Crippen molar-refractivity contribution in [1.82, 2.24) is 9.97 Å². The van der Waals surface area contributed by atoms with Crippen LogP contribution >= 0.6 is 0 Å². The number of hydrogen-bond acceptors (Lipinski definition) is 4. The fourth-order valence-corrected chi connectivity index (χ4v) is 2.41. The van der Waals surface area contributed by atoms with Crippen LogP contribution in [0.4, 0.5) is 0 Å². The summed E-state index contributed by atoms with van der Waals surface area (Å²) in [6.45, 7) is 2.25. The van der Waals surface area contributed by atoms with E-state index in [-0.39, 0.29) is 0 Å². The third kappa shape index (κ3) is 2.36. The summed E-state index contributed by atoms with van der Waals surface area (Å²) in [6.07, 6.45) is 6.45. The van der Waals surface area contributed by atoms with Gasteiger partial charge in [-0.25, -0.2) is 9.97 Å². The van der Waals surface area contributed by atoms with Crippen LogP contribution in [-0.4, -0.2) is 23.4 Å². The zero-order valence-corrected chi connectivity index (χ0v) is 10.3. The van der Waals surface area contributed by atoms with Crippen molar-refractivity contribution in [3.8, 4) is 0 Å². The van der Waals surface area contributed by atoms with Gasteiger partial charge in [0.05, 0.1) is 0 Å². The number of nitrogens with zero attached hydrogens (tertiary/aromatic N) is 2. The molecule has 92 valence electrons. The highest BCUT2D eigenvalue weighted by Crippen LogP contribution is 2.40. The maximum atomic E-state index is 10.8. The van der Waals surface area contributed by atoms with E-state index in [1.165, 1.54) is 0 Å². The van der Waals surface area contributed by atoms with Crippen molar-refractivity contribution in [1.29, 1.82) is 0 Å². The van der Waals surface area contributed by atoms with Gasteiger partial charge in [0.1, 0.15) is 11.3 Å². The molecule has 1 aromatic rings. The zero-order chi connectivity index (χ0) is 12.3. The number of aldehydes is 1. The van der Waals surface area contributed by atoms with E-state index in [0.717, 1.165) is 37.9 Å².